The predicted molar refractivity (Wildman–Crippen MR) is 105 cm³/mol. The highest BCUT2D eigenvalue weighted by Gasteiger charge is 2.16. The molecule has 4 aromatic rings. The number of hydrogen-bond acceptors (Lipinski definition) is 6. The minimum Gasteiger partial charge on any atom is -0.469 e. The van der Waals surface area contributed by atoms with E-state index in [1.807, 2.05) is 19.1 Å². The van der Waals surface area contributed by atoms with Gasteiger partial charge >= 0.3 is 0 Å². The van der Waals surface area contributed by atoms with Gasteiger partial charge in [-0.1, -0.05) is 23.2 Å². The number of benzene rings is 1. The van der Waals surface area contributed by atoms with E-state index < -0.39 is 0 Å². The Bertz CT molecular complexity index is 1180. The molecule has 134 valence electrons. The monoisotopic (exact) mass is 415 g/mol. The van der Waals surface area contributed by atoms with Crippen LogP contribution in [0.2, 0.25) is 9.36 Å². The highest BCUT2D eigenvalue weighted by Crippen LogP contribution is 2.28. The van der Waals surface area contributed by atoms with Crippen molar-refractivity contribution in [3.63, 3.8) is 0 Å². The molecule has 9 heteroatoms. The van der Waals surface area contributed by atoms with Crippen molar-refractivity contribution in [3.05, 3.63) is 62.2 Å². The summed E-state index contributed by atoms with van der Waals surface area (Å²) in [6, 6.07) is 11.1. The van der Waals surface area contributed by atoms with Crippen LogP contribution in [-0.4, -0.2) is 19.7 Å². The highest BCUT2D eigenvalue weighted by atomic mass is 35.5. The largest absolute Gasteiger partial charge is 0.469 e. The lowest BCUT2D eigenvalue weighted by molar-refractivity contribution is 0.293. The molecule has 0 bridgehead atoms. The van der Waals surface area contributed by atoms with Gasteiger partial charge in [0.15, 0.2) is 5.65 Å². The van der Waals surface area contributed by atoms with Crippen LogP contribution in [0.15, 0.2) is 36.5 Å². The molecule has 0 aliphatic heterocycles. The number of pyridine rings is 1. The maximum atomic E-state index is 9.48. The van der Waals surface area contributed by atoms with Gasteiger partial charge < -0.3 is 4.74 Å². The third kappa shape index (κ3) is 3.47. The van der Waals surface area contributed by atoms with Crippen LogP contribution in [0.3, 0.4) is 0 Å². The van der Waals surface area contributed by atoms with E-state index in [9.17, 15) is 5.26 Å². The number of ether oxygens (including phenoxy) is 1. The van der Waals surface area contributed by atoms with Crippen molar-refractivity contribution in [3.8, 4) is 17.6 Å². The van der Waals surface area contributed by atoms with E-state index in [-0.39, 0.29) is 12.5 Å². The summed E-state index contributed by atoms with van der Waals surface area (Å²) in [6.45, 7) is 2.05. The summed E-state index contributed by atoms with van der Waals surface area (Å²) in [5.41, 5.74) is 2.51. The summed E-state index contributed by atoms with van der Waals surface area (Å²) in [7, 11) is 0. The molecule has 0 radical (unpaired) electrons. The third-order valence-electron chi connectivity index (χ3n) is 3.86. The van der Waals surface area contributed by atoms with E-state index in [0.29, 0.717) is 25.6 Å². The molecule has 0 spiro atoms. The molecule has 0 N–H and O–H groups in total. The molecule has 4 rings (SSSR count). The summed E-state index contributed by atoms with van der Waals surface area (Å²) in [4.78, 5) is 8.70. The average molecular weight is 416 g/mol. The highest BCUT2D eigenvalue weighted by molar-refractivity contribution is 7.15. The van der Waals surface area contributed by atoms with Crippen LogP contribution in [0.4, 0.5) is 0 Å². The predicted octanol–water partition coefficient (Wildman–Crippen LogP) is 4.94. The van der Waals surface area contributed by atoms with Gasteiger partial charge in [-0.3, -0.25) is 0 Å². The molecule has 3 aromatic heterocycles. The van der Waals surface area contributed by atoms with Gasteiger partial charge in [0.25, 0.3) is 0 Å². The van der Waals surface area contributed by atoms with Gasteiger partial charge in [0.2, 0.25) is 5.88 Å². The summed E-state index contributed by atoms with van der Waals surface area (Å²) < 4.78 is 8.03. The van der Waals surface area contributed by atoms with Crippen LogP contribution in [-0.2, 0) is 6.61 Å². The van der Waals surface area contributed by atoms with Crippen molar-refractivity contribution in [2.75, 3.05) is 0 Å². The molecule has 6 nitrogen and oxygen atoms in total. The molecule has 3 heterocycles. The molecular weight excluding hydrogens is 405 g/mol. The van der Waals surface area contributed by atoms with E-state index in [2.05, 4.69) is 21.1 Å². The zero-order chi connectivity index (χ0) is 19.0. The molecule has 0 unspecified atom stereocenters. The molecule has 0 aliphatic rings. The van der Waals surface area contributed by atoms with Gasteiger partial charge in [-0.15, -0.1) is 11.3 Å². The van der Waals surface area contributed by atoms with Crippen molar-refractivity contribution in [1.29, 1.82) is 5.26 Å². The van der Waals surface area contributed by atoms with Crippen molar-refractivity contribution in [1.82, 2.24) is 19.7 Å². The van der Waals surface area contributed by atoms with Crippen LogP contribution in [0.25, 0.3) is 16.7 Å². The van der Waals surface area contributed by atoms with E-state index in [1.165, 1.54) is 11.3 Å². The van der Waals surface area contributed by atoms with Crippen molar-refractivity contribution >= 4 is 45.6 Å². The fraction of sp³-hybridized carbons (Fsp3) is 0.111. The fourth-order valence-electron chi connectivity index (χ4n) is 2.60. The minimum atomic E-state index is 0.179. The number of nitrogens with zero attached hydrogens (tertiary/aromatic N) is 5. The zero-order valence-electron chi connectivity index (χ0n) is 14.0. The van der Waals surface area contributed by atoms with Crippen LogP contribution in [0, 0.1) is 18.3 Å². The van der Waals surface area contributed by atoms with E-state index in [0.717, 1.165) is 16.8 Å². The molecule has 0 atom stereocenters. The van der Waals surface area contributed by atoms with Crippen LogP contribution >= 0.6 is 34.5 Å². The number of halogens is 2. The summed E-state index contributed by atoms with van der Waals surface area (Å²) in [6.07, 6.45) is 1.56. The molecule has 0 saturated heterocycles. The van der Waals surface area contributed by atoms with E-state index in [1.54, 1.807) is 29.1 Å². The van der Waals surface area contributed by atoms with Gasteiger partial charge in [0.1, 0.15) is 27.6 Å². The maximum absolute atomic E-state index is 9.48. The fourth-order valence-corrected chi connectivity index (χ4v) is 3.60. The standard InChI is InChI=1S/C18H11Cl2N5OS/c1-10-14-6-11(7-21)18(26-9-16-22-8-15(20)27-16)23-17(14)25(24-10)13-4-2-12(19)3-5-13/h2-6,8H,9H2,1H3. The maximum Gasteiger partial charge on any atom is 0.234 e. The van der Waals surface area contributed by atoms with Gasteiger partial charge in [-0.25, -0.2) is 9.67 Å². The Kier molecular flexibility index (Phi) is 4.70. The van der Waals surface area contributed by atoms with Crippen LogP contribution in [0.1, 0.15) is 16.3 Å². The van der Waals surface area contributed by atoms with Crippen LogP contribution in [0.5, 0.6) is 5.88 Å². The first-order chi connectivity index (χ1) is 13.0. The molecule has 27 heavy (non-hydrogen) atoms. The number of thiazole rings is 1. The smallest absolute Gasteiger partial charge is 0.234 e. The Labute approximate surface area is 168 Å². The molecule has 0 aliphatic carbocycles. The van der Waals surface area contributed by atoms with Gasteiger partial charge in [0, 0.05) is 10.4 Å². The number of aromatic nitrogens is 4. The molecule has 0 fully saturated rings. The second-order valence-corrected chi connectivity index (χ2v) is 7.83. The van der Waals surface area contributed by atoms with E-state index in [4.69, 9.17) is 27.9 Å². The minimum absolute atomic E-state index is 0.179. The molecule has 0 saturated carbocycles. The number of rotatable bonds is 4. The molecular formula is C18H11Cl2N5OS. The second kappa shape index (κ2) is 7.16. The number of hydrogen-bond donors (Lipinski definition) is 0. The number of fused-ring (bicyclic) bond motifs is 1. The Hall–Kier alpha value is -2.66. The Morgan fingerprint density at radius 1 is 1.26 bits per heavy atom. The first-order valence-electron chi connectivity index (χ1n) is 7.84. The van der Waals surface area contributed by atoms with Crippen molar-refractivity contribution in [2.45, 2.75) is 13.5 Å². The Balaban J connectivity index is 1.78. The topological polar surface area (TPSA) is 76.6 Å². The van der Waals surface area contributed by atoms with Crippen molar-refractivity contribution in [2.24, 2.45) is 0 Å². The Morgan fingerprint density at radius 2 is 2.04 bits per heavy atom. The van der Waals surface area contributed by atoms with Crippen molar-refractivity contribution < 1.29 is 4.74 Å². The summed E-state index contributed by atoms with van der Waals surface area (Å²) in [5.74, 6) is 0.228. The Morgan fingerprint density at radius 3 is 2.70 bits per heavy atom. The average Bonchev–Trinajstić information content (AvgIpc) is 3.23. The lowest BCUT2D eigenvalue weighted by Gasteiger charge is -2.07. The van der Waals surface area contributed by atoms with Gasteiger partial charge in [-0.05, 0) is 37.3 Å². The molecule has 0 amide bonds. The van der Waals surface area contributed by atoms with E-state index >= 15 is 0 Å². The SMILES string of the molecule is Cc1nn(-c2ccc(Cl)cc2)c2nc(OCc3ncc(Cl)s3)c(C#N)cc12. The second-order valence-electron chi connectivity index (χ2n) is 5.64. The zero-order valence-corrected chi connectivity index (χ0v) is 16.3. The lowest BCUT2D eigenvalue weighted by Crippen LogP contribution is -2.02. The van der Waals surface area contributed by atoms with Gasteiger partial charge in [-0.2, -0.15) is 15.3 Å². The summed E-state index contributed by atoms with van der Waals surface area (Å²) in [5, 5.41) is 16.1. The summed E-state index contributed by atoms with van der Waals surface area (Å²) >= 11 is 13.2. The first-order valence-corrected chi connectivity index (χ1v) is 9.42. The van der Waals surface area contributed by atoms with Crippen LogP contribution < -0.4 is 4.74 Å². The van der Waals surface area contributed by atoms with Gasteiger partial charge in [0.05, 0.1) is 17.6 Å². The normalized spacial score (nSPS) is 10.9. The number of nitriles is 1. The quantitative estimate of drug-likeness (QED) is 0.471. The first kappa shape index (κ1) is 17.7. The lowest BCUT2D eigenvalue weighted by atomic mass is 10.2. The molecule has 1 aromatic carbocycles. The number of aryl methyl sites for hydroxylation is 1. The third-order valence-corrected chi connectivity index (χ3v) is 5.20.